The third-order valence-electron chi connectivity index (χ3n) is 4.67. The third-order valence-corrected chi connectivity index (χ3v) is 4.92. The number of benzene rings is 2. The van der Waals surface area contributed by atoms with Gasteiger partial charge in [-0.05, 0) is 50.1 Å². The molecule has 1 aliphatic rings. The molecule has 3 rings (SSSR count). The fraction of sp³-hybridized carbons (Fsp3) is 0.409. The van der Waals surface area contributed by atoms with Crippen LogP contribution in [0.3, 0.4) is 0 Å². The Kier molecular flexibility index (Phi) is 6.34. The van der Waals surface area contributed by atoms with E-state index in [1.54, 1.807) is 35.2 Å². The van der Waals surface area contributed by atoms with Crippen molar-refractivity contribution >= 4 is 17.6 Å². The van der Waals surface area contributed by atoms with E-state index in [9.17, 15) is 18.0 Å². The van der Waals surface area contributed by atoms with Gasteiger partial charge in [-0.25, -0.2) is 4.79 Å². The number of carbonyl (C=O) groups excluding carboxylic acids is 1. The first-order valence-corrected chi connectivity index (χ1v) is 9.96. The molecular formula is C22H24ClF3N2O2. The van der Waals surface area contributed by atoms with Crippen LogP contribution in [0.5, 0.6) is 0 Å². The van der Waals surface area contributed by atoms with Crippen molar-refractivity contribution < 1.29 is 22.7 Å². The van der Waals surface area contributed by atoms with E-state index >= 15 is 0 Å². The zero-order valence-corrected chi connectivity index (χ0v) is 17.7. The van der Waals surface area contributed by atoms with E-state index in [4.69, 9.17) is 16.3 Å². The van der Waals surface area contributed by atoms with Crippen molar-refractivity contribution in [3.8, 4) is 0 Å². The highest BCUT2D eigenvalue weighted by atomic mass is 35.5. The summed E-state index contributed by atoms with van der Waals surface area (Å²) in [6.07, 6.45) is -5.82. The summed E-state index contributed by atoms with van der Waals surface area (Å²) in [4.78, 5) is 13.8. The molecule has 2 aromatic carbocycles. The van der Waals surface area contributed by atoms with E-state index in [1.165, 1.54) is 12.1 Å². The summed E-state index contributed by atoms with van der Waals surface area (Å²) in [5, 5.41) is 3.34. The average Bonchev–Trinajstić information content (AvgIpc) is 2.59. The number of ether oxygens (including phenoxy) is 1. The topological polar surface area (TPSA) is 41.6 Å². The molecule has 1 fully saturated rings. The van der Waals surface area contributed by atoms with Gasteiger partial charge in [-0.3, -0.25) is 0 Å². The van der Waals surface area contributed by atoms with E-state index in [2.05, 4.69) is 5.32 Å². The van der Waals surface area contributed by atoms with Crippen LogP contribution in [-0.2, 0) is 10.9 Å². The van der Waals surface area contributed by atoms with Crippen LogP contribution in [0.25, 0.3) is 0 Å². The predicted octanol–water partition coefficient (Wildman–Crippen LogP) is 5.66. The lowest BCUT2D eigenvalue weighted by atomic mass is 9.95. The molecule has 0 saturated carbocycles. The van der Waals surface area contributed by atoms with E-state index < -0.39 is 17.8 Å². The molecule has 0 unspecified atom stereocenters. The first-order chi connectivity index (χ1) is 13.9. The maximum absolute atomic E-state index is 13.6. The number of hydrogen-bond acceptors (Lipinski definition) is 2. The number of likely N-dealkylation sites (tertiary alicyclic amines) is 1. The molecule has 1 atom stereocenters. The molecule has 0 spiro atoms. The highest BCUT2D eigenvalue weighted by Crippen LogP contribution is 2.39. The highest BCUT2D eigenvalue weighted by molar-refractivity contribution is 6.30. The van der Waals surface area contributed by atoms with Gasteiger partial charge in [-0.2, -0.15) is 13.2 Å². The number of nitrogens with zero attached hydrogens (tertiary/aromatic N) is 1. The summed E-state index contributed by atoms with van der Waals surface area (Å²) in [6, 6.07) is 11.7. The minimum Gasteiger partial charge on any atom is -0.362 e. The molecule has 0 aliphatic carbocycles. The minimum atomic E-state index is -4.51. The van der Waals surface area contributed by atoms with Gasteiger partial charge in [-0.15, -0.1) is 0 Å². The summed E-state index contributed by atoms with van der Waals surface area (Å²) in [6.45, 7) is 6.25. The normalized spacial score (nSPS) is 16.2. The summed E-state index contributed by atoms with van der Waals surface area (Å²) < 4.78 is 46.9. The smallest absolute Gasteiger partial charge is 0.362 e. The van der Waals surface area contributed by atoms with Gasteiger partial charge in [0.1, 0.15) is 6.10 Å². The lowest BCUT2D eigenvalue weighted by Crippen LogP contribution is -2.60. The molecule has 30 heavy (non-hydrogen) atoms. The maximum Gasteiger partial charge on any atom is 0.416 e. The number of halogens is 4. The molecule has 1 heterocycles. The molecule has 1 aliphatic heterocycles. The fourth-order valence-electron chi connectivity index (χ4n) is 3.24. The van der Waals surface area contributed by atoms with Crippen molar-refractivity contribution in [3.05, 3.63) is 70.2 Å². The molecule has 1 saturated heterocycles. The molecule has 0 bridgehead atoms. The van der Waals surface area contributed by atoms with Crippen molar-refractivity contribution in [2.45, 2.75) is 44.7 Å². The van der Waals surface area contributed by atoms with Gasteiger partial charge in [0.15, 0.2) is 0 Å². The van der Waals surface area contributed by atoms with Crippen molar-refractivity contribution in [1.82, 2.24) is 10.2 Å². The predicted molar refractivity (Wildman–Crippen MR) is 109 cm³/mol. The lowest BCUT2D eigenvalue weighted by Gasteiger charge is -2.42. The minimum absolute atomic E-state index is 0.0323. The second kappa shape index (κ2) is 8.47. The Bertz CT molecular complexity index is 888. The second-order valence-electron chi connectivity index (χ2n) is 8.36. The molecule has 8 heteroatoms. The van der Waals surface area contributed by atoms with Gasteiger partial charge in [0.2, 0.25) is 0 Å². The van der Waals surface area contributed by atoms with Crippen LogP contribution in [0.15, 0.2) is 48.5 Å². The van der Waals surface area contributed by atoms with Crippen molar-refractivity contribution in [3.63, 3.8) is 0 Å². The summed E-state index contributed by atoms with van der Waals surface area (Å²) in [5.74, 6) is 0. The van der Waals surface area contributed by atoms with Crippen LogP contribution in [-0.4, -0.2) is 35.7 Å². The Morgan fingerprint density at radius 2 is 1.70 bits per heavy atom. The first kappa shape index (κ1) is 22.4. The largest absolute Gasteiger partial charge is 0.416 e. The van der Waals surface area contributed by atoms with E-state index in [0.29, 0.717) is 23.7 Å². The van der Waals surface area contributed by atoms with Gasteiger partial charge in [-0.1, -0.05) is 41.9 Å². The maximum atomic E-state index is 13.6. The Labute approximate surface area is 179 Å². The fourth-order valence-corrected chi connectivity index (χ4v) is 3.36. The number of alkyl halides is 3. The summed E-state index contributed by atoms with van der Waals surface area (Å²) >= 11 is 5.95. The first-order valence-electron chi connectivity index (χ1n) is 9.58. The van der Waals surface area contributed by atoms with E-state index in [-0.39, 0.29) is 23.2 Å². The third kappa shape index (κ3) is 5.46. The monoisotopic (exact) mass is 440 g/mol. The molecule has 1 N–H and O–H groups in total. The molecule has 2 aromatic rings. The zero-order valence-electron chi connectivity index (χ0n) is 17.0. The molecule has 162 valence electrons. The summed E-state index contributed by atoms with van der Waals surface area (Å²) in [5.41, 5.74) is -0.522. The van der Waals surface area contributed by atoms with Crippen molar-refractivity contribution in [1.29, 1.82) is 0 Å². The quantitative estimate of drug-likeness (QED) is 0.666. The SMILES string of the molecule is CC(C)(C)NC(=O)N1CC(O[C@@H](c2ccc(Cl)cc2)c2ccccc2C(F)(F)F)C1. The van der Waals surface area contributed by atoms with Gasteiger partial charge in [0.25, 0.3) is 0 Å². The Morgan fingerprint density at radius 3 is 2.27 bits per heavy atom. The van der Waals surface area contributed by atoms with Crippen LogP contribution >= 0.6 is 11.6 Å². The molecule has 0 aromatic heterocycles. The van der Waals surface area contributed by atoms with E-state index in [0.717, 1.165) is 6.07 Å². The Morgan fingerprint density at radius 1 is 1.10 bits per heavy atom. The highest BCUT2D eigenvalue weighted by Gasteiger charge is 2.39. The van der Waals surface area contributed by atoms with Crippen molar-refractivity contribution in [2.75, 3.05) is 13.1 Å². The molecule has 2 amide bonds. The number of amides is 2. The summed E-state index contributed by atoms with van der Waals surface area (Å²) in [7, 11) is 0. The second-order valence-corrected chi connectivity index (χ2v) is 8.80. The van der Waals surface area contributed by atoms with Gasteiger partial charge in [0, 0.05) is 10.6 Å². The zero-order chi connectivity index (χ0) is 22.1. The van der Waals surface area contributed by atoms with Gasteiger partial charge >= 0.3 is 12.2 Å². The van der Waals surface area contributed by atoms with Crippen LogP contribution in [0.4, 0.5) is 18.0 Å². The standard InChI is InChI=1S/C22H24ClF3N2O2/c1-21(2,3)27-20(29)28-12-16(13-28)30-19(14-8-10-15(23)11-9-14)17-6-4-5-7-18(17)22(24,25)26/h4-11,16,19H,12-13H2,1-3H3,(H,27,29)/t19-/m0/s1. The number of hydrogen-bond donors (Lipinski definition) is 1. The van der Waals surface area contributed by atoms with Crippen LogP contribution in [0.1, 0.15) is 43.6 Å². The van der Waals surface area contributed by atoms with Crippen LogP contribution < -0.4 is 5.32 Å². The van der Waals surface area contributed by atoms with E-state index in [1.807, 2.05) is 20.8 Å². The number of carbonyl (C=O) groups is 1. The van der Waals surface area contributed by atoms with Gasteiger partial charge < -0.3 is 15.0 Å². The van der Waals surface area contributed by atoms with Crippen molar-refractivity contribution in [2.24, 2.45) is 0 Å². The number of nitrogens with one attached hydrogen (secondary N) is 1. The molecule has 0 radical (unpaired) electrons. The molecule has 4 nitrogen and oxygen atoms in total. The number of rotatable bonds is 4. The Hall–Kier alpha value is -2.25. The number of urea groups is 1. The van der Waals surface area contributed by atoms with Crippen LogP contribution in [0.2, 0.25) is 5.02 Å². The molecular weight excluding hydrogens is 417 g/mol. The Balaban J connectivity index is 1.82. The van der Waals surface area contributed by atoms with Gasteiger partial charge in [0.05, 0.1) is 24.8 Å². The van der Waals surface area contributed by atoms with Crippen LogP contribution in [0, 0.1) is 0 Å². The lowest BCUT2D eigenvalue weighted by molar-refractivity contribution is -0.140. The average molecular weight is 441 g/mol.